The van der Waals surface area contributed by atoms with Gasteiger partial charge in [0.15, 0.2) is 6.10 Å². The third-order valence-electron chi connectivity index (χ3n) is 3.13. The van der Waals surface area contributed by atoms with E-state index >= 15 is 0 Å². The maximum Gasteiger partial charge on any atom is 0.416 e. The maximum atomic E-state index is 12.3. The summed E-state index contributed by atoms with van der Waals surface area (Å²) in [7, 11) is 2.72. The lowest BCUT2D eigenvalue weighted by atomic mass is 10.1. The fourth-order valence-corrected chi connectivity index (χ4v) is 1.67. The number of likely N-dealkylation sites (N-methyl/N-ethyl adjacent to an activating group) is 1. The molecule has 2 N–H and O–H groups in total. The lowest BCUT2D eigenvalue weighted by Gasteiger charge is -2.23. The minimum Gasteiger partial charge on any atom is -0.382 e. The maximum absolute atomic E-state index is 12.3. The number of carbonyl (C=O) groups excluding carboxylic acids is 1. The van der Waals surface area contributed by atoms with Crippen LogP contribution in [0.15, 0.2) is 24.3 Å². The van der Waals surface area contributed by atoms with Crippen molar-refractivity contribution in [1.29, 1.82) is 0 Å². The summed E-state index contributed by atoms with van der Waals surface area (Å²) in [5, 5.41) is 11.4. The van der Waals surface area contributed by atoms with E-state index in [9.17, 15) is 18.0 Å². The van der Waals surface area contributed by atoms with Crippen LogP contribution >= 0.6 is 0 Å². The van der Waals surface area contributed by atoms with Gasteiger partial charge >= 0.3 is 12.2 Å². The van der Waals surface area contributed by atoms with Crippen LogP contribution in [0.5, 0.6) is 0 Å². The smallest absolute Gasteiger partial charge is 0.382 e. The molecule has 1 aromatic carbocycles. The Morgan fingerprint density at radius 2 is 2.09 bits per heavy atom. The molecule has 124 valence electrons. The Morgan fingerprint density at radius 3 is 2.64 bits per heavy atom. The molecule has 0 heterocycles. The van der Waals surface area contributed by atoms with E-state index in [1.807, 2.05) is 6.92 Å². The van der Waals surface area contributed by atoms with Crippen molar-refractivity contribution in [3.8, 4) is 0 Å². The monoisotopic (exact) mass is 320 g/mol. The number of aliphatic hydroxyl groups excluding tert-OH is 1. The zero-order chi connectivity index (χ0) is 16.9. The Hall–Kier alpha value is -1.80. The van der Waals surface area contributed by atoms with Crippen LogP contribution in [-0.2, 0) is 4.74 Å². The molecule has 2 unspecified atom stereocenters. The summed E-state index contributed by atoms with van der Waals surface area (Å²) in [5.41, 5.74) is 1.25. The second-order valence-corrected chi connectivity index (χ2v) is 4.87. The molecule has 1 aromatic rings. The number of nitrogens with zero attached hydrogens (tertiary/aromatic N) is 1. The van der Waals surface area contributed by atoms with E-state index in [4.69, 9.17) is 9.84 Å². The first kappa shape index (κ1) is 18.2. The van der Waals surface area contributed by atoms with Gasteiger partial charge in [0.05, 0.1) is 12.6 Å². The summed E-state index contributed by atoms with van der Waals surface area (Å²) in [6.07, 6.45) is -7.52. The normalized spacial score (nSPS) is 14.3. The van der Waals surface area contributed by atoms with Crippen molar-refractivity contribution in [3.05, 3.63) is 29.8 Å². The van der Waals surface area contributed by atoms with Crippen LogP contribution in [0.25, 0.3) is 0 Å². The third-order valence-corrected chi connectivity index (χ3v) is 3.13. The number of halogens is 3. The summed E-state index contributed by atoms with van der Waals surface area (Å²) in [4.78, 5) is 12.6. The number of anilines is 1. The van der Waals surface area contributed by atoms with Gasteiger partial charge in [-0.1, -0.05) is 12.1 Å². The average molecular weight is 320 g/mol. The van der Waals surface area contributed by atoms with Gasteiger partial charge in [0, 0.05) is 19.8 Å². The number of hydrogen-bond acceptors (Lipinski definition) is 3. The molecule has 0 spiro atoms. The molecule has 0 saturated heterocycles. The van der Waals surface area contributed by atoms with Crippen LogP contribution in [0, 0.1) is 0 Å². The van der Waals surface area contributed by atoms with E-state index in [2.05, 4.69) is 5.32 Å². The van der Waals surface area contributed by atoms with E-state index < -0.39 is 24.9 Å². The van der Waals surface area contributed by atoms with Crippen molar-refractivity contribution in [2.24, 2.45) is 0 Å². The number of carbonyl (C=O) groups is 1. The fourth-order valence-electron chi connectivity index (χ4n) is 1.67. The van der Waals surface area contributed by atoms with Crippen molar-refractivity contribution in [1.82, 2.24) is 4.90 Å². The first-order valence-corrected chi connectivity index (χ1v) is 6.54. The number of urea groups is 1. The molecule has 0 aliphatic rings. The number of rotatable bonds is 5. The van der Waals surface area contributed by atoms with Crippen LogP contribution in [0.4, 0.5) is 23.7 Å². The zero-order valence-electron chi connectivity index (χ0n) is 12.5. The first-order chi connectivity index (χ1) is 10.1. The molecule has 5 nitrogen and oxygen atoms in total. The van der Waals surface area contributed by atoms with E-state index in [1.165, 1.54) is 7.05 Å². The molecule has 0 aromatic heterocycles. The van der Waals surface area contributed by atoms with Gasteiger partial charge in [0.25, 0.3) is 0 Å². The number of methoxy groups -OCH3 is 1. The lowest BCUT2D eigenvalue weighted by Crippen LogP contribution is -2.43. The molecule has 0 radical (unpaired) electrons. The standard InChI is InChI=1S/C14H19F3N2O3/c1-9(22-3)10-5-4-6-11(7-10)18-13(21)19(2)8-12(20)14(15,16)17/h4-7,9,12,20H,8H2,1-3H3,(H,18,21). The zero-order valence-corrected chi connectivity index (χ0v) is 12.5. The number of hydrogen-bond donors (Lipinski definition) is 2. The van der Waals surface area contributed by atoms with Crippen LogP contribution in [-0.4, -0.2) is 49.0 Å². The van der Waals surface area contributed by atoms with Gasteiger partial charge in [-0.2, -0.15) is 13.2 Å². The Labute approximate surface area is 126 Å². The van der Waals surface area contributed by atoms with Gasteiger partial charge < -0.3 is 20.1 Å². The molecule has 2 amide bonds. The Bertz CT molecular complexity index is 508. The molecule has 0 aliphatic carbocycles. The van der Waals surface area contributed by atoms with Crippen LogP contribution < -0.4 is 5.32 Å². The Kier molecular flexibility index (Phi) is 6.19. The summed E-state index contributed by atoms with van der Waals surface area (Å²) < 4.78 is 41.9. The minimum absolute atomic E-state index is 0.179. The van der Waals surface area contributed by atoms with Crippen molar-refractivity contribution >= 4 is 11.7 Å². The van der Waals surface area contributed by atoms with Crippen molar-refractivity contribution in [2.45, 2.75) is 25.3 Å². The van der Waals surface area contributed by atoms with Gasteiger partial charge in [-0.25, -0.2) is 4.79 Å². The van der Waals surface area contributed by atoms with E-state index in [0.29, 0.717) is 5.69 Å². The fraction of sp³-hybridized carbons (Fsp3) is 0.500. The van der Waals surface area contributed by atoms with Crippen LogP contribution in [0.3, 0.4) is 0 Å². The van der Waals surface area contributed by atoms with E-state index in [-0.39, 0.29) is 6.10 Å². The second kappa shape index (κ2) is 7.46. The minimum atomic E-state index is -4.76. The summed E-state index contributed by atoms with van der Waals surface area (Å²) >= 11 is 0. The van der Waals surface area contributed by atoms with Gasteiger partial charge in [-0.3, -0.25) is 0 Å². The molecule has 0 aliphatic heterocycles. The quantitative estimate of drug-likeness (QED) is 0.877. The van der Waals surface area contributed by atoms with Gasteiger partial charge in [-0.05, 0) is 24.6 Å². The molecule has 0 fully saturated rings. The predicted molar refractivity (Wildman–Crippen MR) is 75.6 cm³/mol. The average Bonchev–Trinajstić information content (AvgIpc) is 2.45. The molecule has 1 rings (SSSR count). The SMILES string of the molecule is COC(C)c1cccc(NC(=O)N(C)CC(O)C(F)(F)F)c1. The topological polar surface area (TPSA) is 61.8 Å². The molecule has 0 saturated carbocycles. The number of aliphatic hydroxyl groups is 1. The molecular formula is C14H19F3N2O3. The molecule has 8 heteroatoms. The summed E-state index contributed by atoms with van der Waals surface area (Å²) in [6, 6.07) is 6.04. The number of amides is 2. The van der Waals surface area contributed by atoms with Crippen molar-refractivity contribution in [3.63, 3.8) is 0 Å². The summed E-state index contributed by atoms with van der Waals surface area (Å²) in [6.45, 7) is 0.982. The number of alkyl halides is 3. The Morgan fingerprint density at radius 1 is 1.45 bits per heavy atom. The number of benzene rings is 1. The van der Waals surface area contributed by atoms with E-state index in [0.717, 1.165) is 10.5 Å². The second-order valence-electron chi connectivity index (χ2n) is 4.87. The molecule has 0 bridgehead atoms. The highest BCUT2D eigenvalue weighted by Gasteiger charge is 2.39. The molecule has 2 atom stereocenters. The lowest BCUT2D eigenvalue weighted by molar-refractivity contribution is -0.205. The highest BCUT2D eigenvalue weighted by atomic mass is 19.4. The van der Waals surface area contributed by atoms with Gasteiger partial charge in [-0.15, -0.1) is 0 Å². The Balaban J connectivity index is 2.68. The van der Waals surface area contributed by atoms with Crippen LogP contribution in [0.2, 0.25) is 0 Å². The van der Waals surface area contributed by atoms with Crippen LogP contribution in [0.1, 0.15) is 18.6 Å². The summed E-state index contributed by atoms with van der Waals surface area (Å²) in [5.74, 6) is 0. The molecule has 22 heavy (non-hydrogen) atoms. The number of nitrogens with one attached hydrogen (secondary N) is 1. The van der Waals surface area contributed by atoms with E-state index in [1.54, 1.807) is 31.4 Å². The largest absolute Gasteiger partial charge is 0.416 e. The highest BCUT2D eigenvalue weighted by molar-refractivity contribution is 5.89. The van der Waals surface area contributed by atoms with Gasteiger partial charge in [0.2, 0.25) is 0 Å². The molecular weight excluding hydrogens is 301 g/mol. The predicted octanol–water partition coefficient (Wildman–Crippen LogP) is 2.78. The van der Waals surface area contributed by atoms with Crippen molar-refractivity contribution < 1.29 is 27.8 Å². The highest BCUT2D eigenvalue weighted by Crippen LogP contribution is 2.22. The number of ether oxygens (including phenoxy) is 1. The van der Waals surface area contributed by atoms with Gasteiger partial charge in [0.1, 0.15) is 0 Å². The first-order valence-electron chi connectivity index (χ1n) is 6.54. The van der Waals surface area contributed by atoms with Crippen molar-refractivity contribution in [2.75, 3.05) is 26.0 Å². The third kappa shape index (κ3) is 5.19.